The molecule has 1 aliphatic heterocycles. The lowest BCUT2D eigenvalue weighted by molar-refractivity contribution is -0.345. The second-order valence-electron chi connectivity index (χ2n) is 9.75. The zero-order valence-corrected chi connectivity index (χ0v) is 19.3. The Labute approximate surface area is 199 Å². The SMILES string of the molecule is CC(=O)c1nn(CC(=O)N2[C@@H]3C[C@@H]3C[C@H]2C(=O)N[C@@H]2CCC[C@@H](OC(F)(F)F)C2)c2ccccc12. The van der Waals surface area contributed by atoms with Crippen molar-refractivity contribution in [1.82, 2.24) is 20.0 Å². The Balaban J connectivity index is 1.27. The van der Waals surface area contributed by atoms with Crippen molar-refractivity contribution >= 4 is 28.5 Å². The Kier molecular flexibility index (Phi) is 6.06. The van der Waals surface area contributed by atoms with Crippen molar-refractivity contribution in [3.8, 4) is 0 Å². The molecule has 5 rings (SSSR count). The van der Waals surface area contributed by atoms with E-state index in [1.807, 2.05) is 0 Å². The van der Waals surface area contributed by atoms with E-state index in [0.717, 1.165) is 6.42 Å². The van der Waals surface area contributed by atoms with Gasteiger partial charge in [-0.25, -0.2) is 0 Å². The molecule has 2 aliphatic carbocycles. The molecular weight excluding hydrogens is 465 g/mol. The molecule has 0 unspecified atom stereocenters. The van der Waals surface area contributed by atoms with Crippen LogP contribution in [0.25, 0.3) is 10.9 Å². The zero-order valence-electron chi connectivity index (χ0n) is 19.3. The smallest absolute Gasteiger partial charge is 0.351 e. The predicted molar refractivity (Wildman–Crippen MR) is 118 cm³/mol. The van der Waals surface area contributed by atoms with Crippen LogP contribution < -0.4 is 5.32 Å². The second kappa shape index (κ2) is 8.92. The third kappa shape index (κ3) is 4.91. The summed E-state index contributed by atoms with van der Waals surface area (Å²) in [6.45, 7) is 1.32. The van der Waals surface area contributed by atoms with Crippen LogP contribution in [0.5, 0.6) is 0 Å². The Morgan fingerprint density at radius 3 is 2.66 bits per heavy atom. The van der Waals surface area contributed by atoms with Crippen molar-refractivity contribution in [2.24, 2.45) is 5.92 Å². The number of rotatable bonds is 6. The highest BCUT2D eigenvalue weighted by molar-refractivity contribution is 6.05. The number of hydrogen-bond donors (Lipinski definition) is 1. The van der Waals surface area contributed by atoms with Crippen molar-refractivity contribution in [2.45, 2.75) is 82.6 Å². The molecule has 1 saturated heterocycles. The molecule has 2 saturated carbocycles. The minimum Gasteiger partial charge on any atom is -0.351 e. The molecule has 1 N–H and O–H groups in total. The number of hydrogen-bond acceptors (Lipinski definition) is 5. The maximum absolute atomic E-state index is 13.3. The Hall–Kier alpha value is -2.95. The van der Waals surface area contributed by atoms with Crippen LogP contribution in [-0.2, 0) is 20.9 Å². The predicted octanol–water partition coefficient (Wildman–Crippen LogP) is 3.19. The standard InChI is InChI=1S/C24H27F3N4O4/c1-13(32)22-17-7-2-3-8-18(17)30(29-22)12-21(33)31-19-9-14(19)10-20(31)23(34)28-15-5-4-6-16(11-15)35-24(25,26)27/h2-3,7-8,14-16,19-20H,4-6,9-12H2,1H3,(H,28,34)/t14-,15-,16-,19-,20+/m1/s1. The number of nitrogens with one attached hydrogen (secondary N) is 1. The molecular formula is C24H27F3N4O4. The zero-order chi connectivity index (χ0) is 24.9. The topological polar surface area (TPSA) is 93.5 Å². The molecule has 35 heavy (non-hydrogen) atoms. The molecule has 0 bridgehead atoms. The van der Waals surface area contributed by atoms with Crippen LogP contribution in [0.15, 0.2) is 24.3 Å². The fraction of sp³-hybridized carbons (Fsp3) is 0.583. The van der Waals surface area contributed by atoms with Crippen molar-refractivity contribution in [3.05, 3.63) is 30.0 Å². The number of carbonyl (C=O) groups excluding carboxylic acids is 3. The number of benzene rings is 1. The normalized spacial score (nSPS) is 28.1. The number of carbonyl (C=O) groups is 3. The van der Waals surface area contributed by atoms with E-state index in [0.29, 0.717) is 42.3 Å². The number of amides is 2. The summed E-state index contributed by atoms with van der Waals surface area (Å²) in [6, 6.07) is 6.07. The number of piperidine rings is 1. The molecule has 2 amide bonds. The van der Waals surface area contributed by atoms with Crippen LogP contribution in [0, 0.1) is 5.92 Å². The van der Waals surface area contributed by atoms with Gasteiger partial charge >= 0.3 is 6.36 Å². The maximum atomic E-state index is 13.3. The van der Waals surface area contributed by atoms with E-state index in [-0.39, 0.29) is 42.5 Å². The molecule has 1 aromatic heterocycles. The van der Waals surface area contributed by atoms with Crippen molar-refractivity contribution in [3.63, 3.8) is 0 Å². The third-order valence-electron chi connectivity index (χ3n) is 7.24. The summed E-state index contributed by atoms with van der Waals surface area (Å²) in [4.78, 5) is 40.1. The highest BCUT2D eigenvalue weighted by Gasteiger charge is 2.56. The Morgan fingerprint density at radius 2 is 1.91 bits per heavy atom. The molecule has 0 radical (unpaired) electrons. The summed E-state index contributed by atoms with van der Waals surface area (Å²) in [5.41, 5.74) is 0.956. The van der Waals surface area contributed by atoms with E-state index in [2.05, 4.69) is 15.2 Å². The summed E-state index contributed by atoms with van der Waals surface area (Å²) in [7, 11) is 0. The lowest BCUT2D eigenvalue weighted by atomic mass is 9.92. The first-order chi connectivity index (χ1) is 16.6. The van der Waals surface area contributed by atoms with E-state index >= 15 is 0 Å². The first kappa shape index (κ1) is 23.8. The minimum absolute atomic E-state index is 0.0139. The average molecular weight is 492 g/mol. The minimum atomic E-state index is -4.70. The molecule has 2 aromatic rings. The van der Waals surface area contributed by atoms with Crippen LogP contribution >= 0.6 is 0 Å². The second-order valence-corrected chi connectivity index (χ2v) is 9.75. The first-order valence-electron chi connectivity index (χ1n) is 11.9. The van der Waals surface area contributed by atoms with Crippen molar-refractivity contribution in [1.29, 1.82) is 0 Å². The highest BCUT2D eigenvalue weighted by Crippen LogP contribution is 2.48. The molecule has 188 valence electrons. The van der Waals surface area contributed by atoms with Crippen molar-refractivity contribution in [2.75, 3.05) is 0 Å². The molecule has 11 heteroatoms. The molecule has 8 nitrogen and oxygen atoms in total. The number of halogens is 3. The van der Waals surface area contributed by atoms with Gasteiger partial charge in [0.1, 0.15) is 18.3 Å². The fourth-order valence-corrected chi connectivity index (χ4v) is 5.64. The molecule has 1 aromatic carbocycles. The summed E-state index contributed by atoms with van der Waals surface area (Å²) in [6.07, 6.45) is -2.83. The van der Waals surface area contributed by atoms with E-state index in [9.17, 15) is 27.6 Å². The van der Waals surface area contributed by atoms with Gasteiger partial charge in [0.25, 0.3) is 0 Å². The molecule has 3 aliphatic rings. The number of alkyl halides is 3. The van der Waals surface area contributed by atoms with Crippen molar-refractivity contribution < 1.29 is 32.3 Å². The van der Waals surface area contributed by atoms with Crippen LogP contribution in [0.1, 0.15) is 55.9 Å². The average Bonchev–Trinajstić information content (AvgIpc) is 3.28. The number of nitrogens with zero attached hydrogens (tertiary/aromatic N) is 3. The van der Waals surface area contributed by atoms with Gasteiger partial charge in [-0.15, -0.1) is 13.2 Å². The van der Waals surface area contributed by atoms with Gasteiger partial charge in [-0.05, 0) is 50.5 Å². The quantitative estimate of drug-likeness (QED) is 0.626. The molecule has 2 heterocycles. The van der Waals surface area contributed by atoms with Crippen LogP contribution in [0.3, 0.4) is 0 Å². The molecule has 5 atom stereocenters. The van der Waals surface area contributed by atoms with Gasteiger partial charge in [0.2, 0.25) is 11.8 Å². The fourth-order valence-electron chi connectivity index (χ4n) is 5.64. The lowest BCUT2D eigenvalue weighted by Crippen LogP contribution is -2.52. The maximum Gasteiger partial charge on any atom is 0.522 e. The van der Waals surface area contributed by atoms with E-state index in [4.69, 9.17) is 0 Å². The summed E-state index contributed by atoms with van der Waals surface area (Å²) in [5.74, 6) is -0.545. The number of fused-ring (bicyclic) bond motifs is 2. The van der Waals surface area contributed by atoms with E-state index in [1.54, 1.807) is 29.2 Å². The third-order valence-corrected chi connectivity index (χ3v) is 7.24. The van der Waals surface area contributed by atoms with Crippen LogP contribution in [0.4, 0.5) is 13.2 Å². The van der Waals surface area contributed by atoms with Gasteiger partial charge in [0.05, 0.1) is 11.6 Å². The summed E-state index contributed by atoms with van der Waals surface area (Å²) >= 11 is 0. The van der Waals surface area contributed by atoms with Crippen LogP contribution in [0.2, 0.25) is 0 Å². The van der Waals surface area contributed by atoms with Crippen LogP contribution in [-0.4, -0.2) is 62.9 Å². The monoisotopic (exact) mass is 492 g/mol. The largest absolute Gasteiger partial charge is 0.522 e. The number of ketones is 1. The van der Waals surface area contributed by atoms with E-state index in [1.165, 1.54) is 11.6 Å². The first-order valence-corrected chi connectivity index (χ1v) is 11.9. The lowest BCUT2D eigenvalue weighted by Gasteiger charge is -2.33. The van der Waals surface area contributed by atoms with Gasteiger partial charge in [-0.3, -0.25) is 23.8 Å². The molecule has 3 fully saturated rings. The summed E-state index contributed by atoms with van der Waals surface area (Å²) < 4.78 is 43.5. The van der Waals surface area contributed by atoms with Gasteiger partial charge < -0.3 is 10.2 Å². The summed E-state index contributed by atoms with van der Waals surface area (Å²) in [5, 5.41) is 7.89. The van der Waals surface area contributed by atoms with Gasteiger partial charge in [0.15, 0.2) is 5.78 Å². The molecule has 0 spiro atoms. The van der Waals surface area contributed by atoms with Gasteiger partial charge in [0, 0.05) is 24.4 Å². The number of aromatic nitrogens is 2. The highest BCUT2D eigenvalue weighted by atomic mass is 19.4. The van der Waals surface area contributed by atoms with E-state index < -0.39 is 24.6 Å². The Bertz CT molecular complexity index is 1160. The Morgan fingerprint density at radius 1 is 1.14 bits per heavy atom. The van der Waals surface area contributed by atoms with Gasteiger partial charge in [-0.2, -0.15) is 5.10 Å². The van der Waals surface area contributed by atoms with Gasteiger partial charge in [-0.1, -0.05) is 18.2 Å². The number of para-hydroxylation sites is 1. The number of likely N-dealkylation sites (tertiary alicyclic amines) is 1. The number of Topliss-reactive ketones (excluding diaryl/α,β-unsaturated/α-hetero) is 1. The number of ether oxygens (including phenoxy) is 1.